The number of ether oxygens (including phenoxy) is 1. The van der Waals surface area contributed by atoms with Crippen molar-refractivity contribution in [3.05, 3.63) is 6.92 Å². The van der Waals surface area contributed by atoms with Gasteiger partial charge in [-0.2, -0.15) is 14.8 Å². The standard InChI is InChI=1S/C12H25O.C4H6O7S.Na/c1-3-5-6-7-8-9-10-12-13-11-4-2;5-3(6)1-2(4(7)8)12(9,10)11;/h2-12H2,1H3;2H,1H2,(H,5,6)(H,7,8)(H,9,10,11);/q-1;;+1. The molecule has 0 saturated carbocycles. The molecule has 0 aliphatic carbocycles. The van der Waals surface area contributed by atoms with Crippen LogP contribution >= 0.6 is 0 Å². The molecule has 0 heterocycles. The van der Waals surface area contributed by atoms with Crippen LogP contribution in [0.1, 0.15) is 64.7 Å². The van der Waals surface area contributed by atoms with Gasteiger partial charge in [-0.15, -0.1) is 0 Å². The van der Waals surface area contributed by atoms with E-state index in [0.29, 0.717) is 0 Å². The molecule has 26 heavy (non-hydrogen) atoms. The van der Waals surface area contributed by atoms with Gasteiger partial charge in [0.15, 0.2) is 5.25 Å². The molecule has 10 heteroatoms. The van der Waals surface area contributed by atoms with Gasteiger partial charge in [0.25, 0.3) is 10.1 Å². The van der Waals surface area contributed by atoms with E-state index in [1.807, 2.05) is 0 Å². The van der Waals surface area contributed by atoms with Crippen LogP contribution in [-0.2, 0) is 24.4 Å². The number of hydrogen-bond acceptors (Lipinski definition) is 5. The predicted octanol–water partition coefficient (Wildman–Crippen LogP) is -0.216. The summed E-state index contributed by atoms with van der Waals surface area (Å²) < 4.78 is 34.0. The van der Waals surface area contributed by atoms with Gasteiger partial charge >= 0.3 is 41.5 Å². The number of carboxylic acid groups (broad SMARTS) is 2. The summed E-state index contributed by atoms with van der Waals surface area (Å²) in [4.78, 5) is 20.0. The molecule has 1 atom stereocenters. The Labute approximate surface area is 178 Å². The van der Waals surface area contributed by atoms with Gasteiger partial charge in [-0.25, -0.2) is 0 Å². The van der Waals surface area contributed by atoms with E-state index < -0.39 is 33.7 Å². The molecule has 1 unspecified atom stereocenters. The van der Waals surface area contributed by atoms with Crippen molar-refractivity contribution in [1.29, 1.82) is 0 Å². The second kappa shape index (κ2) is 19.6. The topological polar surface area (TPSA) is 138 Å². The summed E-state index contributed by atoms with van der Waals surface area (Å²) in [7, 11) is -4.84. The molecule has 0 aliphatic rings. The van der Waals surface area contributed by atoms with Crippen molar-refractivity contribution < 1.29 is 67.1 Å². The Morgan fingerprint density at radius 3 is 1.85 bits per heavy atom. The maximum absolute atomic E-state index is 10.2. The summed E-state index contributed by atoms with van der Waals surface area (Å²) in [6, 6.07) is 0. The normalized spacial score (nSPS) is 11.7. The number of carbonyl (C=O) groups is 2. The molecule has 0 radical (unpaired) electrons. The second-order valence-electron chi connectivity index (χ2n) is 5.53. The molecule has 150 valence electrons. The van der Waals surface area contributed by atoms with Gasteiger partial charge in [-0.1, -0.05) is 45.4 Å². The molecular weight excluding hydrogens is 375 g/mol. The van der Waals surface area contributed by atoms with Crippen molar-refractivity contribution >= 4 is 22.1 Å². The minimum absolute atomic E-state index is 0. The Bertz CT molecular complexity index is 443. The molecule has 0 rings (SSSR count). The quantitative estimate of drug-likeness (QED) is 0.156. The van der Waals surface area contributed by atoms with Crippen molar-refractivity contribution in [2.45, 2.75) is 70.0 Å². The van der Waals surface area contributed by atoms with E-state index in [0.717, 1.165) is 19.6 Å². The van der Waals surface area contributed by atoms with E-state index >= 15 is 0 Å². The van der Waals surface area contributed by atoms with Crippen molar-refractivity contribution in [3.8, 4) is 0 Å². The minimum Gasteiger partial charge on any atom is -0.481 e. The molecule has 0 aromatic rings. The Hall–Kier alpha value is -0.190. The van der Waals surface area contributed by atoms with Crippen molar-refractivity contribution in [2.75, 3.05) is 13.2 Å². The zero-order valence-corrected chi connectivity index (χ0v) is 18.7. The number of rotatable bonds is 14. The van der Waals surface area contributed by atoms with Crippen LogP contribution in [0.3, 0.4) is 0 Å². The van der Waals surface area contributed by atoms with Crippen LogP contribution in [0.4, 0.5) is 0 Å². The van der Waals surface area contributed by atoms with Crippen LogP contribution in [0.15, 0.2) is 0 Å². The second-order valence-corrected chi connectivity index (χ2v) is 7.13. The molecule has 0 bridgehead atoms. The predicted molar refractivity (Wildman–Crippen MR) is 94.0 cm³/mol. The Morgan fingerprint density at radius 1 is 1.00 bits per heavy atom. The molecule has 0 aromatic carbocycles. The number of carboxylic acids is 2. The molecule has 0 aromatic heterocycles. The first kappa shape index (κ1) is 30.5. The smallest absolute Gasteiger partial charge is 0.481 e. The first-order valence-corrected chi connectivity index (χ1v) is 9.95. The van der Waals surface area contributed by atoms with Crippen LogP contribution in [-0.4, -0.2) is 53.6 Å². The molecule has 0 fully saturated rings. The molecular formula is C16H31NaO8S. The van der Waals surface area contributed by atoms with Gasteiger partial charge in [0, 0.05) is 13.2 Å². The third kappa shape index (κ3) is 21.9. The van der Waals surface area contributed by atoms with Gasteiger partial charge in [-0.3, -0.25) is 14.1 Å². The molecule has 3 N–H and O–H groups in total. The Morgan fingerprint density at radius 2 is 1.50 bits per heavy atom. The third-order valence-electron chi connectivity index (χ3n) is 3.18. The molecule has 0 spiro atoms. The maximum Gasteiger partial charge on any atom is 1.00 e. The van der Waals surface area contributed by atoms with Crippen molar-refractivity contribution in [1.82, 2.24) is 0 Å². The number of hydrogen-bond donors (Lipinski definition) is 3. The summed E-state index contributed by atoms with van der Waals surface area (Å²) in [5, 5.41) is 13.9. The van der Waals surface area contributed by atoms with E-state index in [1.54, 1.807) is 0 Å². The summed E-state index contributed by atoms with van der Waals surface area (Å²) in [5.41, 5.74) is 0. The maximum atomic E-state index is 10.2. The molecule has 0 saturated heterocycles. The zero-order chi connectivity index (χ0) is 19.7. The number of unbranched alkanes of at least 4 members (excludes halogenated alkanes) is 6. The summed E-state index contributed by atoms with van der Waals surface area (Å²) in [6.45, 7) is 7.75. The molecule has 0 amide bonds. The van der Waals surface area contributed by atoms with E-state index in [2.05, 4.69) is 13.8 Å². The van der Waals surface area contributed by atoms with Gasteiger partial charge in [0.2, 0.25) is 0 Å². The van der Waals surface area contributed by atoms with Gasteiger partial charge < -0.3 is 21.9 Å². The van der Waals surface area contributed by atoms with Crippen LogP contribution in [0.2, 0.25) is 0 Å². The minimum atomic E-state index is -4.84. The molecule has 8 nitrogen and oxygen atoms in total. The molecule has 0 aliphatic heterocycles. The van der Waals surface area contributed by atoms with Gasteiger partial charge in [0.05, 0.1) is 6.42 Å². The van der Waals surface area contributed by atoms with E-state index in [1.165, 1.54) is 44.9 Å². The fraction of sp³-hybridized carbons (Fsp3) is 0.812. The van der Waals surface area contributed by atoms with Crippen LogP contribution < -0.4 is 29.6 Å². The van der Waals surface area contributed by atoms with Crippen LogP contribution in [0.25, 0.3) is 0 Å². The van der Waals surface area contributed by atoms with E-state index in [4.69, 9.17) is 19.5 Å². The average molecular weight is 406 g/mol. The number of aliphatic carboxylic acids is 2. The fourth-order valence-electron chi connectivity index (χ4n) is 1.84. The fourth-order valence-corrected chi connectivity index (χ4v) is 2.45. The van der Waals surface area contributed by atoms with E-state index in [9.17, 15) is 18.0 Å². The SMILES string of the molecule is O=C(O)CC(C(=O)O)S(=O)(=O)O.[CH2-]CCOCCCCCCCCC.[Na+]. The zero-order valence-electron chi connectivity index (χ0n) is 15.9. The third-order valence-corrected chi connectivity index (χ3v) is 4.26. The summed E-state index contributed by atoms with van der Waals surface area (Å²) in [5.74, 6) is -3.50. The van der Waals surface area contributed by atoms with Crippen molar-refractivity contribution in [3.63, 3.8) is 0 Å². The monoisotopic (exact) mass is 406 g/mol. The Kier molecular flexibility index (Phi) is 23.0. The Balaban J connectivity index is -0.000000393. The van der Waals surface area contributed by atoms with E-state index in [-0.39, 0.29) is 29.6 Å². The average Bonchev–Trinajstić information content (AvgIpc) is 2.50. The van der Waals surface area contributed by atoms with Crippen molar-refractivity contribution in [2.24, 2.45) is 0 Å². The first-order chi connectivity index (χ1) is 11.7. The summed E-state index contributed by atoms with van der Waals surface area (Å²) >= 11 is 0. The van der Waals surface area contributed by atoms with Gasteiger partial charge in [0.1, 0.15) is 0 Å². The largest absolute Gasteiger partial charge is 1.00 e. The van der Waals surface area contributed by atoms with Gasteiger partial charge in [-0.05, 0) is 6.42 Å². The van der Waals surface area contributed by atoms with Crippen LogP contribution in [0, 0.1) is 6.92 Å². The first-order valence-electron chi connectivity index (χ1n) is 8.44. The summed E-state index contributed by atoms with van der Waals surface area (Å²) in [6.07, 6.45) is 9.25. The van der Waals surface area contributed by atoms with Crippen LogP contribution in [0.5, 0.6) is 0 Å².